The summed E-state index contributed by atoms with van der Waals surface area (Å²) >= 11 is 0. The molecule has 0 spiro atoms. The van der Waals surface area contributed by atoms with Gasteiger partial charge in [-0.2, -0.15) is 5.10 Å². The van der Waals surface area contributed by atoms with Gasteiger partial charge in [0, 0.05) is 23.3 Å². The largest absolute Gasteiger partial charge is 0.497 e. The molecule has 0 amide bonds. The predicted octanol–water partition coefficient (Wildman–Crippen LogP) is 4.49. The molecular weight excluding hydrogens is 364 g/mol. The lowest BCUT2D eigenvalue weighted by Crippen LogP contribution is -2.28. The standard InChI is InChI=1S/C24H26N2O3/c1-4-29-22(27)14-16(2)26-24(18-8-6-5-7-9-18)20-13-11-17-10-12-19(28-3)15-21(17)23(20)25-26/h5-10,12,14-15,20,24H,4,11,13H2,1-3H3/b16-14+/t20-,24+/m0/s1. The molecule has 0 aromatic heterocycles. The summed E-state index contributed by atoms with van der Waals surface area (Å²) in [5.41, 5.74) is 5.48. The summed E-state index contributed by atoms with van der Waals surface area (Å²) in [6, 6.07) is 16.7. The van der Waals surface area contributed by atoms with Gasteiger partial charge < -0.3 is 9.47 Å². The van der Waals surface area contributed by atoms with E-state index in [1.54, 1.807) is 7.11 Å². The lowest BCUT2D eigenvalue weighted by atomic mass is 9.77. The number of carbonyl (C=O) groups excluding carboxylic acids is 1. The third-order valence-corrected chi connectivity index (χ3v) is 5.64. The monoisotopic (exact) mass is 390 g/mol. The molecule has 2 atom stereocenters. The van der Waals surface area contributed by atoms with Gasteiger partial charge in [-0.3, -0.25) is 5.01 Å². The number of methoxy groups -OCH3 is 1. The average molecular weight is 390 g/mol. The number of hydrogen-bond acceptors (Lipinski definition) is 5. The maximum atomic E-state index is 12.1. The van der Waals surface area contributed by atoms with Crippen LogP contribution in [0.3, 0.4) is 0 Å². The van der Waals surface area contributed by atoms with E-state index in [1.807, 2.05) is 31.0 Å². The van der Waals surface area contributed by atoms with Gasteiger partial charge in [-0.25, -0.2) is 4.79 Å². The predicted molar refractivity (Wildman–Crippen MR) is 113 cm³/mol. The number of allylic oxidation sites excluding steroid dienone is 1. The third kappa shape index (κ3) is 3.65. The van der Waals surface area contributed by atoms with Gasteiger partial charge in [-0.15, -0.1) is 0 Å². The Kier molecular flexibility index (Phi) is 5.38. The molecule has 0 unspecified atom stereocenters. The Labute approximate surface area is 171 Å². The van der Waals surface area contributed by atoms with Crippen molar-refractivity contribution in [2.45, 2.75) is 32.7 Å². The number of aryl methyl sites for hydroxylation is 1. The van der Waals surface area contributed by atoms with Crippen LogP contribution in [0.1, 0.15) is 43.0 Å². The van der Waals surface area contributed by atoms with E-state index in [2.05, 4.69) is 36.4 Å². The van der Waals surface area contributed by atoms with Crippen LogP contribution in [0, 0.1) is 5.92 Å². The van der Waals surface area contributed by atoms with Gasteiger partial charge in [0.2, 0.25) is 0 Å². The second-order valence-electron chi connectivity index (χ2n) is 7.39. The average Bonchev–Trinajstić information content (AvgIpc) is 3.14. The first-order valence-electron chi connectivity index (χ1n) is 10.1. The molecule has 0 fully saturated rings. The highest BCUT2D eigenvalue weighted by Crippen LogP contribution is 2.45. The number of esters is 1. The Hall–Kier alpha value is -3.08. The number of ether oxygens (including phenoxy) is 2. The molecule has 0 N–H and O–H groups in total. The fraction of sp³-hybridized carbons (Fsp3) is 0.333. The molecule has 5 nitrogen and oxygen atoms in total. The fourth-order valence-corrected chi connectivity index (χ4v) is 4.31. The van der Waals surface area contributed by atoms with E-state index < -0.39 is 0 Å². The number of fused-ring (bicyclic) bond motifs is 3. The van der Waals surface area contributed by atoms with Gasteiger partial charge in [0.1, 0.15) is 5.75 Å². The molecular formula is C24H26N2O3. The van der Waals surface area contributed by atoms with E-state index in [-0.39, 0.29) is 17.9 Å². The van der Waals surface area contributed by atoms with Gasteiger partial charge in [-0.05, 0) is 49.9 Å². The Bertz CT molecular complexity index is 965. The molecule has 0 saturated carbocycles. The molecule has 2 aromatic carbocycles. The Morgan fingerprint density at radius 2 is 2.03 bits per heavy atom. The van der Waals surface area contributed by atoms with Crippen molar-refractivity contribution in [3.63, 3.8) is 0 Å². The molecule has 1 aliphatic carbocycles. The summed E-state index contributed by atoms with van der Waals surface area (Å²) in [4.78, 5) is 12.1. The van der Waals surface area contributed by atoms with Gasteiger partial charge in [-0.1, -0.05) is 36.4 Å². The van der Waals surface area contributed by atoms with E-state index in [9.17, 15) is 4.79 Å². The highest BCUT2D eigenvalue weighted by molar-refractivity contribution is 6.06. The summed E-state index contributed by atoms with van der Waals surface area (Å²) in [5.74, 6) is 0.747. The van der Waals surface area contributed by atoms with Crippen molar-refractivity contribution in [1.82, 2.24) is 5.01 Å². The number of hydrazone groups is 1. The van der Waals surface area contributed by atoms with Crippen LogP contribution >= 0.6 is 0 Å². The van der Waals surface area contributed by atoms with E-state index in [1.165, 1.54) is 17.2 Å². The second-order valence-corrected chi connectivity index (χ2v) is 7.39. The fourth-order valence-electron chi connectivity index (χ4n) is 4.31. The molecule has 29 heavy (non-hydrogen) atoms. The van der Waals surface area contributed by atoms with Crippen molar-refractivity contribution in [1.29, 1.82) is 0 Å². The number of rotatable bonds is 5. The molecule has 4 rings (SSSR count). The molecule has 2 aliphatic rings. The van der Waals surface area contributed by atoms with Crippen molar-refractivity contribution in [3.05, 3.63) is 77.0 Å². The highest BCUT2D eigenvalue weighted by atomic mass is 16.5. The number of carbonyl (C=O) groups is 1. The summed E-state index contributed by atoms with van der Waals surface area (Å²) in [7, 11) is 1.68. The van der Waals surface area contributed by atoms with Crippen LogP contribution in [0.2, 0.25) is 0 Å². The van der Waals surface area contributed by atoms with Crippen molar-refractivity contribution in [2.24, 2.45) is 11.0 Å². The zero-order chi connectivity index (χ0) is 20.4. The summed E-state index contributed by atoms with van der Waals surface area (Å²) in [5, 5.41) is 7.00. The normalized spacial score (nSPS) is 20.6. The van der Waals surface area contributed by atoms with Crippen LogP contribution < -0.4 is 4.74 Å². The van der Waals surface area contributed by atoms with Gasteiger partial charge in [0.25, 0.3) is 0 Å². The molecule has 150 valence electrons. The van der Waals surface area contributed by atoms with Gasteiger partial charge in [0.15, 0.2) is 0 Å². The Balaban J connectivity index is 1.79. The highest BCUT2D eigenvalue weighted by Gasteiger charge is 2.42. The van der Waals surface area contributed by atoms with Crippen LogP contribution in [-0.4, -0.2) is 30.4 Å². The van der Waals surface area contributed by atoms with Crippen LogP contribution in [0.25, 0.3) is 0 Å². The minimum atomic E-state index is -0.339. The quantitative estimate of drug-likeness (QED) is 0.558. The van der Waals surface area contributed by atoms with Crippen LogP contribution in [0.15, 0.2) is 65.4 Å². The van der Waals surface area contributed by atoms with Crippen LogP contribution in [0.5, 0.6) is 5.75 Å². The molecule has 0 bridgehead atoms. The molecule has 2 aromatic rings. The third-order valence-electron chi connectivity index (χ3n) is 5.64. The molecule has 0 saturated heterocycles. The smallest absolute Gasteiger partial charge is 0.332 e. The van der Waals surface area contributed by atoms with E-state index >= 15 is 0 Å². The van der Waals surface area contributed by atoms with Crippen LogP contribution in [-0.2, 0) is 16.0 Å². The van der Waals surface area contributed by atoms with Gasteiger partial charge >= 0.3 is 5.97 Å². The second kappa shape index (κ2) is 8.11. The number of benzene rings is 2. The number of nitrogens with zero attached hydrogens (tertiary/aromatic N) is 2. The molecule has 0 radical (unpaired) electrons. The minimum absolute atomic E-state index is 0.0521. The summed E-state index contributed by atoms with van der Waals surface area (Å²) < 4.78 is 10.6. The first-order chi connectivity index (χ1) is 14.1. The first kappa shape index (κ1) is 19.2. The molecule has 1 aliphatic heterocycles. The lowest BCUT2D eigenvalue weighted by Gasteiger charge is -2.31. The van der Waals surface area contributed by atoms with Crippen molar-refractivity contribution in [3.8, 4) is 5.75 Å². The summed E-state index contributed by atoms with van der Waals surface area (Å²) in [6.07, 6.45) is 3.55. The first-order valence-corrected chi connectivity index (χ1v) is 10.1. The summed E-state index contributed by atoms with van der Waals surface area (Å²) in [6.45, 7) is 4.08. The van der Waals surface area contributed by atoms with Crippen molar-refractivity contribution < 1.29 is 14.3 Å². The van der Waals surface area contributed by atoms with Crippen molar-refractivity contribution in [2.75, 3.05) is 13.7 Å². The zero-order valence-corrected chi connectivity index (χ0v) is 17.1. The topological polar surface area (TPSA) is 51.1 Å². The SMILES string of the molecule is CCOC(=O)/C=C(\C)N1N=C2c3cc(OC)ccc3CC[C@@H]2[C@H]1c1ccccc1. The van der Waals surface area contributed by atoms with Crippen molar-refractivity contribution >= 4 is 11.7 Å². The minimum Gasteiger partial charge on any atom is -0.497 e. The van der Waals surface area contributed by atoms with E-state index in [4.69, 9.17) is 14.6 Å². The van der Waals surface area contributed by atoms with E-state index in [0.717, 1.165) is 35.6 Å². The molecule has 1 heterocycles. The Morgan fingerprint density at radius 1 is 1.24 bits per heavy atom. The number of hydrogen-bond donors (Lipinski definition) is 0. The zero-order valence-electron chi connectivity index (χ0n) is 17.1. The van der Waals surface area contributed by atoms with Crippen LogP contribution in [0.4, 0.5) is 0 Å². The van der Waals surface area contributed by atoms with Gasteiger partial charge in [0.05, 0.1) is 25.5 Å². The Morgan fingerprint density at radius 3 is 2.76 bits per heavy atom. The maximum absolute atomic E-state index is 12.1. The molecule has 5 heteroatoms. The maximum Gasteiger partial charge on any atom is 0.332 e. The lowest BCUT2D eigenvalue weighted by molar-refractivity contribution is -0.137. The van der Waals surface area contributed by atoms with E-state index in [0.29, 0.717) is 6.61 Å².